The minimum atomic E-state index is -0.328. The fourth-order valence-electron chi connectivity index (χ4n) is 1.68. The summed E-state index contributed by atoms with van der Waals surface area (Å²) in [5.41, 5.74) is 0.312. The van der Waals surface area contributed by atoms with E-state index in [0.717, 1.165) is 5.56 Å². The lowest BCUT2D eigenvalue weighted by Crippen LogP contribution is -2.29. The Labute approximate surface area is 114 Å². The van der Waals surface area contributed by atoms with Crippen LogP contribution in [0.1, 0.15) is 5.56 Å². The lowest BCUT2D eigenvalue weighted by molar-refractivity contribution is 0.287. The van der Waals surface area contributed by atoms with Crippen LogP contribution in [0.4, 0.5) is 0 Å². The summed E-state index contributed by atoms with van der Waals surface area (Å²) in [5.74, 6) is 0.651. The minimum absolute atomic E-state index is 0.259. The predicted molar refractivity (Wildman–Crippen MR) is 72.6 cm³/mol. The van der Waals surface area contributed by atoms with E-state index in [4.69, 9.17) is 10.00 Å². The molecule has 0 unspecified atom stereocenters. The Kier molecular flexibility index (Phi) is 4.35. The number of aromatic amines is 1. The Hall–Kier alpha value is -2.81. The largest absolute Gasteiger partial charge is 0.492 e. The van der Waals surface area contributed by atoms with Crippen molar-refractivity contribution in [2.75, 3.05) is 6.61 Å². The van der Waals surface area contributed by atoms with Gasteiger partial charge in [0.1, 0.15) is 12.4 Å². The number of rotatable bonds is 5. The number of hydrogen-bond donors (Lipinski definition) is 1. The topological polar surface area (TPSA) is 87.9 Å². The van der Waals surface area contributed by atoms with Crippen molar-refractivity contribution >= 4 is 0 Å². The van der Waals surface area contributed by atoms with Crippen LogP contribution in [0.3, 0.4) is 0 Å². The van der Waals surface area contributed by atoms with Gasteiger partial charge in [-0.2, -0.15) is 5.26 Å². The van der Waals surface area contributed by atoms with Gasteiger partial charge >= 0.3 is 0 Å². The van der Waals surface area contributed by atoms with Gasteiger partial charge in [0.25, 0.3) is 11.1 Å². The molecule has 1 aromatic heterocycles. The molecule has 0 spiro atoms. The van der Waals surface area contributed by atoms with E-state index in [2.05, 4.69) is 11.2 Å². The maximum Gasteiger partial charge on any atom is 0.265 e. The fourth-order valence-corrected chi connectivity index (χ4v) is 1.68. The van der Waals surface area contributed by atoms with Gasteiger partial charge in [0.15, 0.2) is 0 Å². The molecule has 0 aliphatic heterocycles. The highest BCUT2D eigenvalue weighted by atomic mass is 16.5. The van der Waals surface area contributed by atoms with Gasteiger partial charge in [0, 0.05) is 12.1 Å². The van der Waals surface area contributed by atoms with Gasteiger partial charge in [-0.3, -0.25) is 14.7 Å². The van der Waals surface area contributed by atoms with E-state index in [9.17, 15) is 9.59 Å². The number of hydrogen-bond acceptors (Lipinski definition) is 4. The third-order valence-corrected chi connectivity index (χ3v) is 2.68. The van der Waals surface area contributed by atoms with Gasteiger partial charge in [-0.15, -0.1) is 0 Å². The van der Waals surface area contributed by atoms with Crippen LogP contribution in [0.5, 0.6) is 5.75 Å². The molecule has 0 saturated carbocycles. The Balaban J connectivity index is 1.93. The normalized spacial score (nSPS) is 9.95. The van der Waals surface area contributed by atoms with Crippen LogP contribution < -0.4 is 15.9 Å². The lowest BCUT2D eigenvalue weighted by atomic mass is 10.2. The van der Waals surface area contributed by atoms with Crippen molar-refractivity contribution in [3.8, 4) is 11.8 Å². The molecule has 6 heteroatoms. The number of nitrogens with zero attached hydrogens (tertiary/aromatic N) is 2. The fraction of sp³-hybridized carbons (Fsp3) is 0.214. The van der Waals surface area contributed by atoms with Crippen LogP contribution in [-0.2, 0) is 13.0 Å². The first-order valence-electron chi connectivity index (χ1n) is 6.08. The molecule has 2 aromatic rings. The van der Waals surface area contributed by atoms with Crippen LogP contribution in [0, 0.1) is 11.3 Å². The highest BCUT2D eigenvalue weighted by Gasteiger charge is 1.98. The Bertz CT molecular complexity index is 723. The summed E-state index contributed by atoms with van der Waals surface area (Å²) >= 11 is 0. The van der Waals surface area contributed by atoms with Crippen LogP contribution >= 0.6 is 0 Å². The molecule has 1 heterocycles. The molecule has 1 N–H and O–H groups in total. The molecular formula is C14H13N3O3. The summed E-state index contributed by atoms with van der Waals surface area (Å²) < 4.78 is 6.67. The van der Waals surface area contributed by atoms with Crippen LogP contribution in [-0.4, -0.2) is 16.4 Å². The third kappa shape index (κ3) is 3.59. The molecule has 1 aromatic carbocycles. The zero-order valence-corrected chi connectivity index (χ0v) is 10.7. The Morgan fingerprint density at radius 1 is 1.15 bits per heavy atom. The average molecular weight is 271 g/mol. The molecule has 0 bridgehead atoms. The van der Waals surface area contributed by atoms with Crippen molar-refractivity contribution in [1.82, 2.24) is 9.78 Å². The maximum atomic E-state index is 11.4. The highest BCUT2D eigenvalue weighted by molar-refractivity contribution is 5.28. The van der Waals surface area contributed by atoms with Gasteiger partial charge in [-0.1, -0.05) is 12.1 Å². The lowest BCUT2D eigenvalue weighted by Gasteiger charge is -2.08. The van der Waals surface area contributed by atoms with Crippen LogP contribution in [0.15, 0.2) is 46.0 Å². The summed E-state index contributed by atoms with van der Waals surface area (Å²) in [6.07, 6.45) is 0.362. The van der Waals surface area contributed by atoms with Gasteiger partial charge in [-0.25, -0.2) is 4.68 Å². The molecule has 0 amide bonds. The zero-order valence-electron chi connectivity index (χ0n) is 10.7. The number of H-pyrrole nitrogens is 1. The summed E-state index contributed by atoms with van der Waals surface area (Å²) in [4.78, 5) is 22.5. The molecular weight excluding hydrogens is 258 g/mol. The number of ether oxygens (including phenoxy) is 1. The van der Waals surface area contributed by atoms with E-state index in [1.165, 1.54) is 16.8 Å². The second-order valence-corrected chi connectivity index (χ2v) is 4.13. The van der Waals surface area contributed by atoms with Crippen molar-refractivity contribution in [3.63, 3.8) is 0 Å². The molecule has 2 rings (SSSR count). The zero-order chi connectivity index (χ0) is 14.4. The third-order valence-electron chi connectivity index (χ3n) is 2.68. The summed E-state index contributed by atoms with van der Waals surface area (Å²) in [7, 11) is 0. The molecule has 0 aliphatic carbocycles. The van der Waals surface area contributed by atoms with Crippen LogP contribution in [0.2, 0.25) is 0 Å². The maximum absolute atomic E-state index is 11.4. The van der Waals surface area contributed by atoms with E-state index in [1.54, 1.807) is 12.1 Å². The number of aromatic nitrogens is 2. The Morgan fingerprint density at radius 3 is 2.60 bits per heavy atom. The molecule has 102 valence electrons. The van der Waals surface area contributed by atoms with Crippen molar-refractivity contribution < 1.29 is 4.74 Å². The second-order valence-electron chi connectivity index (χ2n) is 4.13. The van der Waals surface area contributed by atoms with E-state index in [-0.39, 0.29) is 24.3 Å². The molecule has 6 nitrogen and oxygen atoms in total. The van der Waals surface area contributed by atoms with Gasteiger partial charge in [0.2, 0.25) is 0 Å². The van der Waals surface area contributed by atoms with Crippen molar-refractivity contribution in [2.45, 2.75) is 13.0 Å². The monoisotopic (exact) mass is 271 g/mol. The van der Waals surface area contributed by atoms with Crippen molar-refractivity contribution in [2.24, 2.45) is 0 Å². The number of benzene rings is 1. The second kappa shape index (κ2) is 6.38. The molecule has 0 aliphatic rings. The van der Waals surface area contributed by atoms with Crippen LogP contribution in [0.25, 0.3) is 0 Å². The highest BCUT2D eigenvalue weighted by Crippen LogP contribution is 2.12. The summed E-state index contributed by atoms with van der Waals surface area (Å²) in [6.45, 7) is 0.520. The standard InChI is InChI=1S/C14H13N3O3/c15-8-7-11-1-3-12(4-2-11)20-10-9-17-14(19)6-5-13(18)16-17/h1-6H,7,9-10H2,(H,16,18). The quantitative estimate of drug-likeness (QED) is 0.866. The molecule has 0 radical (unpaired) electrons. The first-order valence-corrected chi connectivity index (χ1v) is 6.08. The van der Waals surface area contributed by atoms with Gasteiger partial charge < -0.3 is 4.74 Å². The summed E-state index contributed by atoms with van der Waals surface area (Å²) in [6, 6.07) is 11.6. The predicted octanol–water partition coefficient (Wildman–Crippen LogP) is 0.682. The molecule has 0 saturated heterocycles. The van der Waals surface area contributed by atoms with E-state index < -0.39 is 0 Å². The molecule has 20 heavy (non-hydrogen) atoms. The van der Waals surface area contributed by atoms with E-state index in [1.807, 2.05) is 12.1 Å². The molecule has 0 fully saturated rings. The first kappa shape index (κ1) is 13.6. The van der Waals surface area contributed by atoms with Crippen molar-refractivity contribution in [3.05, 3.63) is 62.7 Å². The molecule has 0 atom stereocenters. The van der Waals surface area contributed by atoms with E-state index >= 15 is 0 Å². The van der Waals surface area contributed by atoms with Crippen molar-refractivity contribution in [1.29, 1.82) is 5.26 Å². The number of nitriles is 1. The SMILES string of the molecule is N#CCc1ccc(OCCn2[nH]c(=O)ccc2=O)cc1. The van der Waals surface area contributed by atoms with E-state index in [0.29, 0.717) is 12.2 Å². The average Bonchev–Trinajstić information content (AvgIpc) is 2.45. The first-order chi connectivity index (χ1) is 9.69. The number of nitrogens with one attached hydrogen (secondary N) is 1. The van der Waals surface area contributed by atoms with Gasteiger partial charge in [0.05, 0.1) is 19.0 Å². The summed E-state index contributed by atoms with van der Waals surface area (Å²) in [5, 5.41) is 11.0. The minimum Gasteiger partial charge on any atom is -0.492 e. The van der Waals surface area contributed by atoms with Gasteiger partial charge in [-0.05, 0) is 17.7 Å². The smallest absolute Gasteiger partial charge is 0.265 e. The Morgan fingerprint density at radius 2 is 1.90 bits per heavy atom.